The maximum absolute atomic E-state index is 12.6. The molecule has 2 heterocycles. The SMILES string of the molecule is O=C(c1ccccc1)c1onc2c(=O)n(NC=NCc3ccc(Cl)cc3)cnc12. The van der Waals surface area contributed by atoms with Crippen LogP contribution in [0.25, 0.3) is 11.0 Å². The van der Waals surface area contributed by atoms with Crippen LogP contribution in [0, 0.1) is 0 Å². The molecular weight excluding hydrogens is 394 g/mol. The van der Waals surface area contributed by atoms with Gasteiger partial charge >= 0.3 is 5.56 Å². The highest BCUT2D eigenvalue weighted by Gasteiger charge is 2.21. The number of hydrogen-bond acceptors (Lipinski definition) is 6. The molecule has 2 aromatic heterocycles. The molecule has 0 saturated carbocycles. The lowest BCUT2D eigenvalue weighted by atomic mass is 10.1. The van der Waals surface area contributed by atoms with E-state index in [0.29, 0.717) is 17.1 Å². The molecule has 29 heavy (non-hydrogen) atoms. The van der Waals surface area contributed by atoms with Crippen molar-refractivity contribution in [2.75, 3.05) is 5.43 Å². The highest BCUT2D eigenvalue weighted by atomic mass is 35.5. The molecule has 4 rings (SSSR count). The number of nitrogens with one attached hydrogen (secondary N) is 1. The van der Waals surface area contributed by atoms with E-state index in [0.717, 1.165) is 10.2 Å². The Kier molecular flexibility index (Phi) is 5.17. The van der Waals surface area contributed by atoms with E-state index in [2.05, 4.69) is 20.6 Å². The summed E-state index contributed by atoms with van der Waals surface area (Å²) in [7, 11) is 0. The summed E-state index contributed by atoms with van der Waals surface area (Å²) in [5.74, 6) is -0.470. The summed E-state index contributed by atoms with van der Waals surface area (Å²) in [4.78, 5) is 33.4. The molecule has 0 amide bonds. The lowest BCUT2D eigenvalue weighted by Crippen LogP contribution is -2.28. The Balaban J connectivity index is 1.52. The summed E-state index contributed by atoms with van der Waals surface area (Å²) in [5, 5.41) is 4.37. The van der Waals surface area contributed by atoms with Crippen molar-refractivity contribution in [1.82, 2.24) is 14.8 Å². The normalized spacial score (nSPS) is 11.2. The third-order valence-electron chi connectivity index (χ3n) is 4.11. The van der Waals surface area contributed by atoms with Crippen LogP contribution >= 0.6 is 11.6 Å². The Morgan fingerprint density at radius 3 is 2.66 bits per heavy atom. The molecule has 9 heteroatoms. The molecule has 8 nitrogen and oxygen atoms in total. The van der Waals surface area contributed by atoms with Gasteiger partial charge in [0.15, 0.2) is 5.52 Å². The van der Waals surface area contributed by atoms with Gasteiger partial charge in [-0.15, -0.1) is 0 Å². The van der Waals surface area contributed by atoms with E-state index in [1.165, 1.54) is 12.7 Å². The first kappa shape index (κ1) is 18.6. The number of aliphatic imine (C=N–C) groups is 1. The first-order chi connectivity index (χ1) is 14.1. The number of rotatable bonds is 6. The van der Waals surface area contributed by atoms with E-state index in [1.807, 2.05) is 12.1 Å². The standard InChI is InChI=1S/C20H14ClN5O3/c21-15-8-6-13(7-9-15)10-22-11-24-26-12-23-16-17(20(26)28)25-29-19(16)18(27)14-4-2-1-3-5-14/h1-9,11-12H,10H2,(H,22,24). The second-order valence-electron chi connectivity index (χ2n) is 6.05. The number of carbonyl (C=O) groups excluding carboxylic acids is 1. The molecule has 0 aliphatic rings. The van der Waals surface area contributed by atoms with Gasteiger partial charge in [-0.1, -0.05) is 59.2 Å². The van der Waals surface area contributed by atoms with Crippen LogP contribution in [0.5, 0.6) is 0 Å². The van der Waals surface area contributed by atoms with Gasteiger partial charge in [0.1, 0.15) is 18.2 Å². The van der Waals surface area contributed by atoms with E-state index in [9.17, 15) is 9.59 Å². The molecular formula is C20H14ClN5O3. The maximum Gasteiger partial charge on any atom is 0.302 e. The number of benzene rings is 2. The molecule has 0 atom stereocenters. The van der Waals surface area contributed by atoms with Crippen molar-refractivity contribution in [3.63, 3.8) is 0 Å². The minimum Gasteiger partial charge on any atom is -0.349 e. The Bertz CT molecular complexity index is 1250. The molecule has 0 bridgehead atoms. The molecule has 0 aliphatic heterocycles. The molecule has 144 valence electrons. The first-order valence-corrected chi connectivity index (χ1v) is 8.97. The molecule has 2 aromatic carbocycles. The van der Waals surface area contributed by atoms with Gasteiger partial charge in [0.25, 0.3) is 0 Å². The van der Waals surface area contributed by atoms with E-state index >= 15 is 0 Å². The third-order valence-corrected chi connectivity index (χ3v) is 4.36. The van der Waals surface area contributed by atoms with Crippen LogP contribution in [0.4, 0.5) is 0 Å². The number of fused-ring (bicyclic) bond motifs is 1. The maximum atomic E-state index is 12.6. The van der Waals surface area contributed by atoms with Crippen molar-refractivity contribution in [2.45, 2.75) is 6.54 Å². The summed E-state index contributed by atoms with van der Waals surface area (Å²) in [5.41, 5.74) is 3.65. The lowest BCUT2D eigenvalue weighted by molar-refractivity contribution is 0.100. The van der Waals surface area contributed by atoms with Crippen molar-refractivity contribution >= 4 is 34.8 Å². The quantitative estimate of drug-likeness (QED) is 0.299. The molecule has 0 spiro atoms. The Morgan fingerprint density at radius 2 is 1.90 bits per heavy atom. The highest BCUT2D eigenvalue weighted by molar-refractivity contribution is 6.30. The highest BCUT2D eigenvalue weighted by Crippen LogP contribution is 2.16. The van der Waals surface area contributed by atoms with Crippen molar-refractivity contribution < 1.29 is 9.32 Å². The smallest absolute Gasteiger partial charge is 0.302 e. The van der Waals surface area contributed by atoms with Gasteiger partial charge in [0.2, 0.25) is 11.5 Å². The van der Waals surface area contributed by atoms with Gasteiger partial charge in [0.05, 0.1) is 6.54 Å². The van der Waals surface area contributed by atoms with Gasteiger partial charge < -0.3 is 4.52 Å². The van der Waals surface area contributed by atoms with Gasteiger partial charge in [-0.3, -0.25) is 20.0 Å². The van der Waals surface area contributed by atoms with Gasteiger partial charge in [0, 0.05) is 10.6 Å². The van der Waals surface area contributed by atoms with E-state index < -0.39 is 11.3 Å². The van der Waals surface area contributed by atoms with E-state index in [4.69, 9.17) is 16.1 Å². The number of halogens is 1. The Labute approximate surface area is 169 Å². The van der Waals surface area contributed by atoms with Crippen molar-refractivity contribution in [3.05, 3.63) is 93.2 Å². The van der Waals surface area contributed by atoms with Crippen LogP contribution in [-0.4, -0.2) is 26.9 Å². The second kappa shape index (κ2) is 8.07. The van der Waals surface area contributed by atoms with Crippen molar-refractivity contribution in [1.29, 1.82) is 0 Å². The summed E-state index contributed by atoms with van der Waals surface area (Å²) in [6.07, 6.45) is 2.62. The monoisotopic (exact) mass is 407 g/mol. The zero-order valence-electron chi connectivity index (χ0n) is 14.9. The minimum absolute atomic E-state index is 0.0506. The summed E-state index contributed by atoms with van der Waals surface area (Å²) < 4.78 is 6.22. The zero-order valence-corrected chi connectivity index (χ0v) is 15.7. The summed E-state index contributed by atoms with van der Waals surface area (Å²) >= 11 is 5.84. The fourth-order valence-electron chi connectivity index (χ4n) is 2.63. The van der Waals surface area contributed by atoms with Gasteiger partial charge in [-0.2, -0.15) is 0 Å². The number of carbonyl (C=O) groups is 1. The second-order valence-corrected chi connectivity index (χ2v) is 6.49. The van der Waals surface area contributed by atoms with E-state index in [-0.39, 0.29) is 16.8 Å². The van der Waals surface area contributed by atoms with Crippen LogP contribution in [0.2, 0.25) is 5.02 Å². The number of nitrogens with zero attached hydrogens (tertiary/aromatic N) is 4. The van der Waals surface area contributed by atoms with Crippen LogP contribution in [0.1, 0.15) is 21.7 Å². The van der Waals surface area contributed by atoms with E-state index in [1.54, 1.807) is 42.5 Å². The van der Waals surface area contributed by atoms with Gasteiger partial charge in [-0.25, -0.2) is 9.66 Å². The molecule has 0 aliphatic carbocycles. The molecule has 0 radical (unpaired) electrons. The lowest BCUT2D eigenvalue weighted by Gasteiger charge is -2.03. The molecule has 1 N–H and O–H groups in total. The predicted molar refractivity (Wildman–Crippen MR) is 109 cm³/mol. The fraction of sp³-hybridized carbons (Fsp3) is 0.0500. The number of aromatic nitrogens is 3. The zero-order chi connectivity index (χ0) is 20.2. The molecule has 0 saturated heterocycles. The summed E-state index contributed by atoms with van der Waals surface area (Å²) in [6.45, 7) is 0.411. The van der Waals surface area contributed by atoms with Crippen molar-refractivity contribution in [3.8, 4) is 0 Å². The Hall–Kier alpha value is -3.78. The first-order valence-electron chi connectivity index (χ1n) is 8.59. The largest absolute Gasteiger partial charge is 0.349 e. The minimum atomic E-state index is -0.510. The fourth-order valence-corrected chi connectivity index (χ4v) is 2.76. The van der Waals surface area contributed by atoms with Crippen LogP contribution < -0.4 is 11.0 Å². The van der Waals surface area contributed by atoms with Crippen LogP contribution in [0.15, 0.2) is 75.2 Å². The average molecular weight is 408 g/mol. The Morgan fingerprint density at radius 1 is 1.14 bits per heavy atom. The number of hydrogen-bond donors (Lipinski definition) is 1. The average Bonchev–Trinajstić information content (AvgIpc) is 3.19. The van der Waals surface area contributed by atoms with Crippen molar-refractivity contribution in [2.24, 2.45) is 4.99 Å². The predicted octanol–water partition coefficient (Wildman–Crippen LogP) is 3.04. The van der Waals surface area contributed by atoms with Crippen LogP contribution in [-0.2, 0) is 6.54 Å². The summed E-state index contributed by atoms with van der Waals surface area (Å²) in [6, 6.07) is 15.8. The molecule has 0 fully saturated rings. The molecule has 0 unspecified atom stereocenters. The third kappa shape index (κ3) is 3.92. The number of ketones is 1. The van der Waals surface area contributed by atoms with Gasteiger partial charge in [-0.05, 0) is 17.7 Å². The van der Waals surface area contributed by atoms with Crippen LogP contribution in [0.3, 0.4) is 0 Å². The molecule has 4 aromatic rings. The topological polar surface area (TPSA) is 102 Å².